The molecule has 0 aliphatic rings. The quantitative estimate of drug-likeness (QED) is 0.622. The molecule has 0 unspecified atom stereocenters. The third-order valence-corrected chi connectivity index (χ3v) is 1.61. The summed E-state index contributed by atoms with van der Waals surface area (Å²) in [5, 5.41) is 8.66. The number of rotatable bonds is 0. The van der Waals surface area contributed by atoms with Crippen molar-refractivity contribution in [2.45, 2.75) is 0 Å². The molecule has 2 aromatic heterocycles. The first kappa shape index (κ1) is 7.43. The summed E-state index contributed by atoms with van der Waals surface area (Å²) < 4.78 is 0. The van der Waals surface area contributed by atoms with E-state index in [9.17, 15) is 0 Å². The smallest absolute Gasteiger partial charge is 0.180 e. The fourth-order valence-electron chi connectivity index (χ4n) is 1.00. The van der Waals surface area contributed by atoms with Crippen molar-refractivity contribution in [2.24, 2.45) is 0 Å². The number of hydrogen-bond donors (Lipinski definition) is 1. The second-order valence-corrected chi connectivity index (χ2v) is 2.43. The molecule has 0 atom stereocenters. The van der Waals surface area contributed by atoms with Crippen molar-refractivity contribution in [3.63, 3.8) is 0 Å². The van der Waals surface area contributed by atoms with Crippen LogP contribution in [-0.4, -0.2) is 15.0 Å². The zero-order valence-corrected chi connectivity index (χ0v) is 6.60. The van der Waals surface area contributed by atoms with Crippen LogP contribution in [0.5, 0.6) is 0 Å². The van der Waals surface area contributed by atoms with Gasteiger partial charge in [-0.2, -0.15) is 5.26 Å². The lowest BCUT2D eigenvalue weighted by atomic mass is 10.2. The second kappa shape index (κ2) is 2.68. The predicted octanol–water partition coefficient (Wildman–Crippen LogP) is 0.479. The molecule has 0 aliphatic heterocycles. The van der Waals surface area contributed by atoms with E-state index in [1.807, 2.05) is 6.07 Å². The van der Waals surface area contributed by atoms with Gasteiger partial charge in [0.05, 0.1) is 5.56 Å². The zero-order valence-electron chi connectivity index (χ0n) is 6.60. The number of hydrogen-bond acceptors (Lipinski definition) is 5. The van der Waals surface area contributed by atoms with Crippen molar-refractivity contribution < 1.29 is 0 Å². The van der Waals surface area contributed by atoms with Crippen LogP contribution in [0.1, 0.15) is 5.56 Å². The highest BCUT2D eigenvalue weighted by molar-refractivity contribution is 5.74. The molecule has 2 rings (SSSR count). The highest BCUT2D eigenvalue weighted by atomic mass is 14.9. The Morgan fingerprint density at radius 3 is 2.85 bits per heavy atom. The number of nitriles is 1. The number of nitrogens with two attached hydrogens (primary N) is 1. The van der Waals surface area contributed by atoms with E-state index in [1.165, 1.54) is 6.20 Å². The Balaban J connectivity index is 2.83. The lowest BCUT2D eigenvalue weighted by molar-refractivity contribution is 1.22. The average molecular weight is 171 g/mol. The van der Waals surface area contributed by atoms with E-state index >= 15 is 0 Å². The summed E-state index contributed by atoms with van der Waals surface area (Å²) in [5.41, 5.74) is 6.86. The first-order valence-electron chi connectivity index (χ1n) is 3.58. The van der Waals surface area contributed by atoms with Gasteiger partial charge in [-0.05, 0) is 6.07 Å². The molecular formula is C8H5N5. The number of nitrogens with zero attached hydrogens (tertiary/aromatic N) is 4. The van der Waals surface area contributed by atoms with Gasteiger partial charge in [-0.15, -0.1) is 0 Å². The molecule has 0 aromatic carbocycles. The summed E-state index contributed by atoms with van der Waals surface area (Å²) in [4.78, 5) is 11.9. The van der Waals surface area contributed by atoms with Crippen LogP contribution < -0.4 is 5.73 Å². The van der Waals surface area contributed by atoms with Gasteiger partial charge in [0.2, 0.25) is 0 Å². The molecule has 2 aromatic rings. The Kier molecular flexibility index (Phi) is 1.53. The molecule has 5 heteroatoms. The van der Waals surface area contributed by atoms with E-state index in [0.717, 1.165) is 0 Å². The molecule has 0 radical (unpaired) electrons. The molecule has 0 fully saturated rings. The Bertz CT molecular complexity index is 499. The molecule has 0 bridgehead atoms. The predicted molar refractivity (Wildman–Crippen MR) is 46.5 cm³/mol. The van der Waals surface area contributed by atoms with Crippen LogP contribution >= 0.6 is 0 Å². The number of nitrogen functional groups attached to an aromatic ring is 1. The monoisotopic (exact) mass is 171 g/mol. The lowest BCUT2D eigenvalue weighted by Crippen LogP contribution is -1.97. The number of fused-ring (bicyclic) bond motifs is 1. The van der Waals surface area contributed by atoms with Crippen LogP contribution in [0.4, 0.5) is 5.82 Å². The Labute approximate surface area is 73.9 Å². The van der Waals surface area contributed by atoms with Crippen molar-refractivity contribution in [3.05, 3.63) is 24.0 Å². The summed E-state index contributed by atoms with van der Waals surface area (Å²) in [6, 6.07) is 3.51. The molecule has 2 N–H and O–H groups in total. The molecule has 0 aliphatic carbocycles. The minimum Gasteiger partial charge on any atom is -0.383 e. The summed E-state index contributed by atoms with van der Waals surface area (Å²) >= 11 is 0. The van der Waals surface area contributed by atoms with Gasteiger partial charge in [-0.3, -0.25) is 4.98 Å². The van der Waals surface area contributed by atoms with Crippen LogP contribution in [0, 0.1) is 11.3 Å². The summed E-state index contributed by atoms with van der Waals surface area (Å²) in [6.07, 6.45) is 3.07. The van der Waals surface area contributed by atoms with Crippen molar-refractivity contribution in [1.29, 1.82) is 5.26 Å². The largest absolute Gasteiger partial charge is 0.383 e. The van der Waals surface area contributed by atoms with Crippen LogP contribution in [0.15, 0.2) is 18.5 Å². The van der Waals surface area contributed by atoms with Crippen LogP contribution in [0.2, 0.25) is 0 Å². The van der Waals surface area contributed by atoms with Gasteiger partial charge in [-0.1, -0.05) is 0 Å². The number of aromatic nitrogens is 3. The first-order valence-corrected chi connectivity index (χ1v) is 3.58. The van der Waals surface area contributed by atoms with Crippen LogP contribution in [-0.2, 0) is 0 Å². The van der Waals surface area contributed by atoms with E-state index in [4.69, 9.17) is 11.0 Å². The molecule has 5 nitrogen and oxygen atoms in total. The molecule has 62 valence electrons. The SMILES string of the molecule is N#Cc1cc2nccnc2nc1N. The van der Waals surface area contributed by atoms with Crippen molar-refractivity contribution in [3.8, 4) is 6.07 Å². The van der Waals surface area contributed by atoms with Gasteiger partial charge in [0.15, 0.2) is 5.65 Å². The van der Waals surface area contributed by atoms with Gasteiger partial charge >= 0.3 is 0 Å². The topological polar surface area (TPSA) is 88.5 Å². The van der Waals surface area contributed by atoms with Gasteiger partial charge in [0, 0.05) is 12.4 Å². The van der Waals surface area contributed by atoms with Gasteiger partial charge in [-0.25, -0.2) is 9.97 Å². The highest BCUT2D eigenvalue weighted by Crippen LogP contribution is 2.12. The number of anilines is 1. The molecule has 0 saturated carbocycles. The summed E-state index contributed by atoms with van der Waals surface area (Å²) in [7, 11) is 0. The van der Waals surface area contributed by atoms with Gasteiger partial charge in [0.1, 0.15) is 17.4 Å². The summed E-state index contributed by atoms with van der Waals surface area (Å²) in [5.74, 6) is 0.190. The van der Waals surface area contributed by atoms with Crippen LogP contribution in [0.3, 0.4) is 0 Å². The molecule has 0 saturated heterocycles. The van der Waals surface area contributed by atoms with E-state index in [0.29, 0.717) is 16.7 Å². The van der Waals surface area contributed by atoms with Crippen molar-refractivity contribution >= 4 is 17.0 Å². The average Bonchev–Trinajstić information content (AvgIpc) is 2.17. The van der Waals surface area contributed by atoms with E-state index in [2.05, 4.69) is 15.0 Å². The zero-order chi connectivity index (χ0) is 9.26. The van der Waals surface area contributed by atoms with E-state index in [1.54, 1.807) is 12.3 Å². The highest BCUT2D eigenvalue weighted by Gasteiger charge is 2.03. The normalized spacial score (nSPS) is 9.77. The Morgan fingerprint density at radius 2 is 2.08 bits per heavy atom. The Hall–Kier alpha value is -2.22. The first-order chi connectivity index (χ1) is 6.31. The number of pyridine rings is 1. The fourth-order valence-corrected chi connectivity index (χ4v) is 1.00. The van der Waals surface area contributed by atoms with Crippen LogP contribution in [0.25, 0.3) is 11.2 Å². The minimum atomic E-state index is 0.190. The van der Waals surface area contributed by atoms with E-state index < -0.39 is 0 Å². The maximum Gasteiger partial charge on any atom is 0.180 e. The van der Waals surface area contributed by atoms with Crippen molar-refractivity contribution in [1.82, 2.24) is 15.0 Å². The molecule has 13 heavy (non-hydrogen) atoms. The molecule has 0 amide bonds. The maximum atomic E-state index is 8.66. The summed E-state index contributed by atoms with van der Waals surface area (Å²) in [6.45, 7) is 0. The van der Waals surface area contributed by atoms with Crippen molar-refractivity contribution in [2.75, 3.05) is 5.73 Å². The van der Waals surface area contributed by atoms with Gasteiger partial charge in [0.25, 0.3) is 0 Å². The van der Waals surface area contributed by atoms with E-state index in [-0.39, 0.29) is 5.82 Å². The molecular weight excluding hydrogens is 166 g/mol. The molecule has 0 spiro atoms. The second-order valence-electron chi connectivity index (χ2n) is 2.43. The standard InChI is InChI=1S/C8H5N5/c9-4-5-3-6-8(13-7(5)10)12-2-1-11-6/h1-3H,(H2,10,12,13). The van der Waals surface area contributed by atoms with Gasteiger partial charge < -0.3 is 5.73 Å². The third-order valence-electron chi connectivity index (χ3n) is 1.61. The Morgan fingerprint density at radius 1 is 1.31 bits per heavy atom. The fraction of sp³-hybridized carbons (Fsp3) is 0. The molecule has 2 heterocycles. The minimum absolute atomic E-state index is 0.190. The third kappa shape index (κ3) is 1.14. The lowest BCUT2D eigenvalue weighted by Gasteiger charge is -1.97. The maximum absolute atomic E-state index is 8.66.